The molecule has 168 valence electrons. The summed E-state index contributed by atoms with van der Waals surface area (Å²) in [5, 5.41) is 7.28. The lowest BCUT2D eigenvalue weighted by atomic mass is 10.3. The van der Waals surface area contributed by atoms with Gasteiger partial charge in [0, 0.05) is 21.4 Å². The zero-order valence-electron chi connectivity index (χ0n) is 17.4. The van der Waals surface area contributed by atoms with Gasteiger partial charge >= 0.3 is 0 Å². The lowest BCUT2D eigenvalue weighted by molar-refractivity contribution is 0.340. The second kappa shape index (κ2) is 11.6. The third-order valence-electron chi connectivity index (χ3n) is 4.34. The Morgan fingerprint density at radius 2 is 1.69 bits per heavy atom. The van der Waals surface area contributed by atoms with E-state index in [1.165, 1.54) is 23.9 Å². The number of hydrogen-bond acceptors (Lipinski definition) is 5. The van der Waals surface area contributed by atoms with Crippen molar-refractivity contribution in [3.63, 3.8) is 0 Å². The first-order chi connectivity index (χ1) is 15.4. The smallest absolute Gasteiger partial charge is 0.179 e. The topological polar surface area (TPSA) is 67.4 Å². The van der Waals surface area contributed by atoms with E-state index in [1.807, 2.05) is 55.5 Å². The lowest BCUT2D eigenvalue weighted by Gasteiger charge is -2.14. The second-order valence-electron chi connectivity index (χ2n) is 6.65. The molecule has 32 heavy (non-hydrogen) atoms. The molecule has 9 heteroatoms. The van der Waals surface area contributed by atoms with Crippen LogP contribution < -0.4 is 15.4 Å². The number of sulfone groups is 1. The van der Waals surface area contributed by atoms with Gasteiger partial charge < -0.3 is 15.4 Å². The van der Waals surface area contributed by atoms with Crippen LogP contribution in [0.3, 0.4) is 0 Å². The number of anilines is 2. The van der Waals surface area contributed by atoms with Gasteiger partial charge in [-0.3, -0.25) is 0 Å². The molecule has 0 aliphatic carbocycles. The number of thiocarbonyl (C=S) groups is 1. The normalized spacial score (nSPS) is 11.1. The van der Waals surface area contributed by atoms with Crippen LogP contribution in [0.25, 0.3) is 0 Å². The van der Waals surface area contributed by atoms with Crippen molar-refractivity contribution in [1.29, 1.82) is 0 Å². The van der Waals surface area contributed by atoms with E-state index in [9.17, 15) is 8.42 Å². The van der Waals surface area contributed by atoms with Crippen LogP contribution in [-0.4, -0.2) is 31.6 Å². The van der Waals surface area contributed by atoms with E-state index in [0.29, 0.717) is 22.5 Å². The monoisotopic (exact) mass is 506 g/mol. The second-order valence-corrected chi connectivity index (χ2v) is 10.7. The summed E-state index contributed by atoms with van der Waals surface area (Å²) in [6.07, 6.45) is 0. The Bertz CT molecular complexity index is 1150. The third kappa shape index (κ3) is 7.13. The summed E-state index contributed by atoms with van der Waals surface area (Å²) in [5.41, 5.74) is 1.65. The quantitative estimate of drug-likeness (QED) is 0.268. The minimum Gasteiger partial charge on any atom is -0.494 e. The standard InChI is InChI=1S/C23H23ClN2O3S3/c1-2-29-19-11-9-18(10-12-19)25-23(30)26-21-5-3-4-6-22(21)31-15-16-32(27,28)20-13-7-17(24)8-14-20/h3-14H,2,15-16H2,1H3,(H2,25,26,30). The zero-order valence-corrected chi connectivity index (χ0v) is 20.6. The molecule has 3 aromatic carbocycles. The molecule has 0 atom stereocenters. The third-order valence-corrected chi connectivity index (χ3v) is 7.86. The van der Waals surface area contributed by atoms with Crippen LogP contribution in [0.5, 0.6) is 5.75 Å². The molecule has 0 bridgehead atoms. The van der Waals surface area contributed by atoms with E-state index in [-0.39, 0.29) is 10.6 Å². The van der Waals surface area contributed by atoms with E-state index in [4.69, 9.17) is 28.6 Å². The van der Waals surface area contributed by atoms with Crippen LogP contribution in [-0.2, 0) is 9.84 Å². The van der Waals surface area contributed by atoms with E-state index >= 15 is 0 Å². The minimum absolute atomic E-state index is 0.0164. The predicted octanol–water partition coefficient (Wildman–Crippen LogP) is 6.11. The summed E-state index contributed by atoms with van der Waals surface area (Å²) in [4.78, 5) is 1.18. The van der Waals surface area contributed by atoms with Crippen LogP contribution in [0.4, 0.5) is 11.4 Å². The van der Waals surface area contributed by atoms with Gasteiger partial charge in [0.05, 0.1) is 22.9 Å². The molecule has 0 heterocycles. The Hall–Kier alpha value is -2.26. The van der Waals surface area contributed by atoms with Gasteiger partial charge in [0.2, 0.25) is 0 Å². The van der Waals surface area contributed by atoms with E-state index in [1.54, 1.807) is 12.1 Å². The summed E-state index contributed by atoms with van der Waals surface area (Å²) in [6, 6.07) is 21.4. The molecule has 0 saturated carbocycles. The highest BCUT2D eigenvalue weighted by molar-refractivity contribution is 8.00. The minimum atomic E-state index is -3.38. The average Bonchev–Trinajstić information content (AvgIpc) is 2.77. The molecular weight excluding hydrogens is 484 g/mol. The van der Waals surface area contributed by atoms with Crippen molar-refractivity contribution in [2.75, 3.05) is 28.7 Å². The van der Waals surface area contributed by atoms with Gasteiger partial charge in [-0.05, 0) is 79.8 Å². The Morgan fingerprint density at radius 1 is 1.00 bits per heavy atom. The fourth-order valence-electron chi connectivity index (χ4n) is 2.80. The van der Waals surface area contributed by atoms with Crippen molar-refractivity contribution >= 4 is 61.9 Å². The molecule has 2 N–H and O–H groups in total. The van der Waals surface area contributed by atoms with E-state index in [2.05, 4.69) is 10.6 Å². The Balaban J connectivity index is 1.58. The van der Waals surface area contributed by atoms with Crippen LogP contribution >= 0.6 is 35.6 Å². The summed E-state index contributed by atoms with van der Waals surface area (Å²) in [5.74, 6) is 1.22. The maximum Gasteiger partial charge on any atom is 0.179 e. The van der Waals surface area contributed by atoms with Crippen LogP contribution in [0, 0.1) is 0 Å². The van der Waals surface area contributed by atoms with Crippen molar-refractivity contribution in [2.24, 2.45) is 0 Å². The van der Waals surface area contributed by atoms with Crippen LogP contribution in [0.2, 0.25) is 5.02 Å². The van der Waals surface area contributed by atoms with Gasteiger partial charge in [-0.15, -0.1) is 11.8 Å². The maximum absolute atomic E-state index is 12.6. The van der Waals surface area contributed by atoms with Gasteiger partial charge in [0.25, 0.3) is 0 Å². The number of nitrogens with one attached hydrogen (secondary N) is 2. The van der Waals surface area contributed by atoms with Crippen molar-refractivity contribution < 1.29 is 13.2 Å². The molecule has 0 radical (unpaired) electrons. The highest BCUT2D eigenvalue weighted by Gasteiger charge is 2.15. The summed E-state index contributed by atoms with van der Waals surface area (Å²) >= 11 is 12.7. The van der Waals surface area contributed by atoms with Crippen LogP contribution in [0.1, 0.15) is 6.92 Å². The van der Waals surface area contributed by atoms with Gasteiger partial charge in [0.1, 0.15) is 5.75 Å². The molecular formula is C23H23ClN2O3S3. The molecule has 0 spiro atoms. The number of benzene rings is 3. The van der Waals surface area contributed by atoms with Crippen molar-refractivity contribution in [1.82, 2.24) is 0 Å². The Labute approximate surface area is 203 Å². The predicted molar refractivity (Wildman–Crippen MR) is 138 cm³/mol. The van der Waals surface area contributed by atoms with E-state index < -0.39 is 9.84 Å². The molecule has 3 rings (SSSR count). The molecule has 0 unspecified atom stereocenters. The van der Waals surface area contributed by atoms with Gasteiger partial charge in [0.15, 0.2) is 14.9 Å². The average molecular weight is 507 g/mol. The maximum atomic E-state index is 12.6. The molecule has 0 aromatic heterocycles. The fraction of sp³-hybridized carbons (Fsp3) is 0.174. The summed E-state index contributed by atoms with van der Waals surface area (Å²) < 4.78 is 30.5. The lowest BCUT2D eigenvalue weighted by Crippen LogP contribution is -2.19. The molecule has 0 fully saturated rings. The molecule has 5 nitrogen and oxygen atoms in total. The molecule has 0 saturated heterocycles. The van der Waals surface area contributed by atoms with Gasteiger partial charge in [-0.25, -0.2) is 8.42 Å². The summed E-state index contributed by atoms with van der Waals surface area (Å²) in [6.45, 7) is 2.55. The first-order valence-electron chi connectivity index (χ1n) is 9.88. The number of thioether (sulfide) groups is 1. The molecule has 0 aliphatic heterocycles. The number of hydrogen-bond donors (Lipinski definition) is 2. The largest absolute Gasteiger partial charge is 0.494 e. The fourth-order valence-corrected chi connectivity index (χ4v) is 5.82. The highest BCUT2D eigenvalue weighted by Crippen LogP contribution is 2.28. The number of para-hydroxylation sites is 1. The van der Waals surface area contributed by atoms with E-state index in [0.717, 1.165) is 22.0 Å². The Morgan fingerprint density at radius 3 is 2.38 bits per heavy atom. The summed E-state index contributed by atoms with van der Waals surface area (Å²) in [7, 11) is -3.38. The highest BCUT2D eigenvalue weighted by atomic mass is 35.5. The van der Waals surface area contributed by atoms with Crippen molar-refractivity contribution in [3.8, 4) is 5.75 Å². The van der Waals surface area contributed by atoms with Crippen molar-refractivity contribution in [2.45, 2.75) is 16.7 Å². The van der Waals surface area contributed by atoms with Crippen molar-refractivity contribution in [3.05, 3.63) is 77.8 Å². The molecule has 0 amide bonds. The Kier molecular flexibility index (Phi) is 8.81. The van der Waals surface area contributed by atoms with Crippen LogP contribution in [0.15, 0.2) is 82.6 Å². The first-order valence-corrected chi connectivity index (χ1v) is 13.3. The van der Waals surface area contributed by atoms with Gasteiger partial charge in [-0.1, -0.05) is 23.7 Å². The first kappa shape index (κ1) is 24.4. The number of rotatable bonds is 9. The number of halogens is 1. The molecule has 3 aromatic rings. The number of ether oxygens (including phenoxy) is 1. The van der Waals surface area contributed by atoms with Gasteiger partial charge in [-0.2, -0.15) is 0 Å². The molecule has 0 aliphatic rings. The zero-order chi connectivity index (χ0) is 23.0. The SMILES string of the molecule is CCOc1ccc(NC(=S)Nc2ccccc2SCCS(=O)(=O)c2ccc(Cl)cc2)cc1.